The molecule has 0 unspecified atom stereocenters. The van der Waals surface area contributed by atoms with Gasteiger partial charge in [-0.2, -0.15) is 5.10 Å². The van der Waals surface area contributed by atoms with Crippen LogP contribution in [0.25, 0.3) is 11.3 Å². The van der Waals surface area contributed by atoms with Crippen LogP contribution in [0, 0.1) is 0 Å². The number of ether oxygens (including phenoxy) is 2. The van der Waals surface area contributed by atoms with Crippen LogP contribution in [0.2, 0.25) is 0 Å². The molecule has 0 saturated heterocycles. The summed E-state index contributed by atoms with van der Waals surface area (Å²) in [5, 5.41) is 7.79. The number of rotatable bonds is 8. The van der Waals surface area contributed by atoms with E-state index in [0.29, 0.717) is 28.7 Å². The first-order valence-corrected chi connectivity index (χ1v) is 13.3. The van der Waals surface area contributed by atoms with Crippen molar-refractivity contribution >= 4 is 17.5 Å². The fourth-order valence-corrected chi connectivity index (χ4v) is 5.11. The number of hydrogen-bond acceptors (Lipinski definition) is 5. The third-order valence-electron chi connectivity index (χ3n) is 7.48. The van der Waals surface area contributed by atoms with Gasteiger partial charge in [0.2, 0.25) is 5.91 Å². The molecule has 8 heteroatoms. The van der Waals surface area contributed by atoms with Crippen molar-refractivity contribution in [2.75, 3.05) is 19.1 Å². The Morgan fingerprint density at radius 1 is 1.00 bits per heavy atom. The number of aromatic nitrogens is 2. The van der Waals surface area contributed by atoms with Gasteiger partial charge >= 0.3 is 0 Å². The summed E-state index contributed by atoms with van der Waals surface area (Å²) in [6, 6.07) is 24.7. The Balaban J connectivity index is 1.53. The van der Waals surface area contributed by atoms with Crippen molar-refractivity contribution < 1.29 is 19.1 Å². The summed E-state index contributed by atoms with van der Waals surface area (Å²) in [5.74, 6) is 1.19. The Hall–Kier alpha value is -4.59. The lowest BCUT2D eigenvalue weighted by Gasteiger charge is -2.43. The molecule has 2 amide bonds. The largest absolute Gasteiger partial charge is 0.497 e. The predicted octanol–water partition coefficient (Wildman–Crippen LogP) is 5.43. The Kier molecular flexibility index (Phi) is 7.34. The van der Waals surface area contributed by atoms with Crippen molar-refractivity contribution in [2.45, 2.75) is 45.3 Å². The average molecular weight is 539 g/mol. The zero-order valence-electron chi connectivity index (χ0n) is 23.5. The SMILES string of the molecule is COc1ccc(-c2cc3n(n2)C[C@](C)(C(=O)NCc2ccccc2OC)N(c2ccc(C(C)C)cc2)C3=O)cc1. The highest BCUT2D eigenvalue weighted by atomic mass is 16.5. The van der Waals surface area contributed by atoms with Crippen molar-refractivity contribution in [3.63, 3.8) is 0 Å². The van der Waals surface area contributed by atoms with Gasteiger partial charge < -0.3 is 14.8 Å². The number of anilines is 1. The monoisotopic (exact) mass is 538 g/mol. The molecule has 0 saturated carbocycles. The fourth-order valence-electron chi connectivity index (χ4n) is 5.11. The molecule has 1 atom stereocenters. The van der Waals surface area contributed by atoms with Gasteiger partial charge in [0.1, 0.15) is 22.7 Å². The number of para-hydroxylation sites is 1. The molecule has 40 heavy (non-hydrogen) atoms. The molecule has 4 aromatic rings. The lowest BCUT2D eigenvalue weighted by molar-refractivity contribution is -0.126. The quantitative estimate of drug-likeness (QED) is 0.324. The minimum atomic E-state index is -1.24. The van der Waals surface area contributed by atoms with Gasteiger partial charge in [0.25, 0.3) is 5.91 Å². The first-order valence-electron chi connectivity index (χ1n) is 13.3. The van der Waals surface area contributed by atoms with Crippen molar-refractivity contribution in [3.8, 4) is 22.8 Å². The number of amides is 2. The maximum atomic E-state index is 14.1. The molecular weight excluding hydrogens is 504 g/mol. The van der Waals surface area contributed by atoms with Crippen LogP contribution in [0.3, 0.4) is 0 Å². The number of nitrogens with one attached hydrogen (secondary N) is 1. The number of carbonyl (C=O) groups is 2. The van der Waals surface area contributed by atoms with Gasteiger partial charge in [-0.05, 0) is 66.9 Å². The molecule has 0 fully saturated rings. The van der Waals surface area contributed by atoms with E-state index in [0.717, 1.165) is 22.4 Å². The molecule has 3 aromatic carbocycles. The van der Waals surface area contributed by atoms with E-state index < -0.39 is 5.54 Å². The van der Waals surface area contributed by atoms with Crippen LogP contribution in [-0.2, 0) is 17.9 Å². The Morgan fingerprint density at radius 3 is 2.35 bits per heavy atom. The summed E-state index contributed by atoms with van der Waals surface area (Å²) in [6.45, 7) is 6.48. The second kappa shape index (κ2) is 10.9. The number of hydrogen-bond donors (Lipinski definition) is 1. The van der Waals surface area contributed by atoms with Crippen LogP contribution in [0.5, 0.6) is 11.5 Å². The number of nitrogens with zero attached hydrogens (tertiary/aromatic N) is 3. The standard InChI is InChI=1S/C32H34N4O4/c1-21(2)22-10-14-25(15-11-22)36-30(37)28-18-27(23-12-16-26(39-4)17-13-23)34-35(28)20-32(36,3)31(38)33-19-24-8-6-7-9-29(24)40-5/h6-18,21H,19-20H2,1-5H3,(H,33,38)/t32-/m1/s1. The van der Waals surface area contributed by atoms with Crippen molar-refractivity contribution in [1.82, 2.24) is 15.1 Å². The van der Waals surface area contributed by atoms with Crippen molar-refractivity contribution in [1.29, 1.82) is 0 Å². The van der Waals surface area contributed by atoms with Gasteiger partial charge in [0.15, 0.2) is 0 Å². The molecule has 8 nitrogen and oxygen atoms in total. The van der Waals surface area contributed by atoms with Crippen LogP contribution >= 0.6 is 0 Å². The zero-order chi connectivity index (χ0) is 28.4. The fraction of sp³-hybridized carbons (Fsp3) is 0.281. The van der Waals surface area contributed by atoms with E-state index in [9.17, 15) is 9.59 Å². The third kappa shape index (κ3) is 4.93. The number of fused-ring (bicyclic) bond motifs is 1. The summed E-state index contributed by atoms with van der Waals surface area (Å²) < 4.78 is 12.4. The van der Waals surface area contributed by atoms with Gasteiger partial charge in [-0.25, -0.2) is 0 Å². The Labute approximate surface area is 234 Å². The third-order valence-corrected chi connectivity index (χ3v) is 7.48. The highest BCUT2D eigenvalue weighted by Gasteiger charge is 2.49. The highest BCUT2D eigenvalue weighted by Crippen LogP contribution is 2.35. The second-order valence-corrected chi connectivity index (χ2v) is 10.5. The predicted molar refractivity (Wildman–Crippen MR) is 155 cm³/mol. The zero-order valence-corrected chi connectivity index (χ0v) is 23.5. The summed E-state index contributed by atoms with van der Waals surface area (Å²) >= 11 is 0. The Morgan fingerprint density at radius 2 is 1.70 bits per heavy atom. The van der Waals surface area contributed by atoms with E-state index >= 15 is 0 Å². The average Bonchev–Trinajstić information content (AvgIpc) is 3.40. The van der Waals surface area contributed by atoms with Gasteiger partial charge in [-0.3, -0.25) is 19.2 Å². The van der Waals surface area contributed by atoms with E-state index in [-0.39, 0.29) is 24.9 Å². The van der Waals surface area contributed by atoms with Crippen molar-refractivity contribution in [3.05, 3.63) is 95.7 Å². The molecule has 0 bridgehead atoms. The van der Waals surface area contributed by atoms with Gasteiger partial charge in [-0.15, -0.1) is 0 Å². The van der Waals surface area contributed by atoms with E-state index in [4.69, 9.17) is 14.6 Å². The van der Waals surface area contributed by atoms with E-state index in [1.54, 1.807) is 36.8 Å². The summed E-state index contributed by atoms with van der Waals surface area (Å²) in [4.78, 5) is 29.7. The molecule has 0 radical (unpaired) electrons. The normalized spacial score (nSPS) is 16.6. The molecule has 1 aliphatic rings. The molecule has 0 spiro atoms. The lowest BCUT2D eigenvalue weighted by Crippen LogP contribution is -2.64. The maximum absolute atomic E-state index is 14.1. The van der Waals surface area contributed by atoms with Crippen LogP contribution in [0.1, 0.15) is 48.3 Å². The van der Waals surface area contributed by atoms with E-state index in [2.05, 4.69) is 19.2 Å². The maximum Gasteiger partial charge on any atom is 0.277 e. The number of carbonyl (C=O) groups excluding carboxylic acids is 2. The van der Waals surface area contributed by atoms with Crippen LogP contribution in [0.4, 0.5) is 5.69 Å². The van der Waals surface area contributed by atoms with E-state index in [1.165, 1.54) is 0 Å². The molecule has 2 heterocycles. The van der Waals surface area contributed by atoms with Crippen LogP contribution in [0.15, 0.2) is 78.9 Å². The van der Waals surface area contributed by atoms with Gasteiger partial charge in [0.05, 0.1) is 26.5 Å². The first kappa shape index (κ1) is 27.0. The van der Waals surface area contributed by atoms with Crippen LogP contribution in [-0.4, -0.2) is 41.4 Å². The molecule has 1 aromatic heterocycles. The van der Waals surface area contributed by atoms with Gasteiger partial charge in [-0.1, -0.05) is 44.2 Å². The number of benzene rings is 3. The minimum Gasteiger partial charge on any atom is -0.497 e. The molecular formula is C32H34N4O4. The van der Waals surface area contributed by atoms with E-state index in [1.807, 2.05) is 72.8 Å². The van der Waals surface area contributed by atoms with Crippen molar-refractivity contribution in [2.24, 2.45) is 0 Å². The Bertz CT molecular complexity index is 1530. The summed E-state index contributed by atoms with van der Waals surface area (Å²) in [5.41, 5.74) is 3.34. The molecule has 1 N–H and O–H groups in total. The van der Waals surface area contributed by atoms with Crippen LogP contribution < -0.4 is 19.7 Å². The molecule has 206 valence electrons. The highest BCUT2D eigenvalue weighted by molar-refractivity contribution is 6.12. The first-order chi connectivity index (χ1) is 19.2. The topological polar surface area (TPSA) is 85.7 Å². The van der Waals surface area contributed by atoms with Gasteiger partial charge in [0, 0.05) is 23.4 Å². The smallest absolute Gasteiger partial charge is 0.277 e. The number of methoxy groups -OCH3 is 2. The molecule has 0 aliphatic carbocycles. The molecule has 1 aliphatic heterocycles. The molecule has 5 rings (SSSR count). The lowest BCUT2D eigenvalue weighted by atomic mass is 9.93. The summed E-state index contributed by atoms with van der Waals surface area (Å²) in [7, 11) is 3.22. The second-order valence-electron chi connectivity index (χ2n) is 10.5. The summed E-state index contributed by atoms with van der Waals surface area (Å²) in [6.07, 6.45) is 0. The minimum absolute atomic E-state index is 0.188.